The Morgan fingerprint density at radius 1 is 1.42 bits per heavy atom. The normalized spacial score (nSPS) is 43.5. The number of carbonyl (C=O) groups is 1. The Bertz CT molecular complexity index is 162. The van der Waals surface area contributed by atoms with E-state index in [2.05, 4.69) is 0 Å². The molecule has 0 aromatic rings. The minimum atomic E-state index is -0.794. The molecule has 1 heterocycles. The first-order valence-electron chi connectivity index (χ1n) is 4.08. The first-order valence-corrected chi connectivity index (χ1v) is 4.08. The van der Waals surface area contributed by atoms with Crippen molar-refractivity contribution in [3.63, 3.8) is 0 Å². The third kappa shape index (κ3) is 1.76. The fourth-order valence-corrected chi connectivity index (χ4v) is 1.34. The Morgan fingerprint density at radius 2 is 2.00 bits per heavy atom. The Morgan fingerprint density at radius 3 is 2.58 bits per heavy atom. The van der Waals surface area contributed by atoms with Gasteiger partial charge in [-0.05, 0) is 6.92 Å². The van der Waals surface area contributed by atoms with E-state index in [1.807, 2.05) is 0 Å². The summed E-state index contributed by atoms with van der Waals surface area (Å²) in [6.45, 7) is 3.32. The van der Waals surface area contributed by atoms with Crippen LogP contribution in [0.2, 0.25) is 0 Å². The van der Waals surface area contributed by atoms with Crippen LogP contribution in [0.25, 0.3) is 0 Å². The molecule has 4 heteroatoms. The number of aliphatic hydroxyl groups excluding tert-OH is 2. The lowest BCUT2D eigenvalue weighted by Crippen LogP contribution is -2.34. The van der Waals surface area contributed by atoms with Gasteiger partial charge in [0.15, 0.2) is 0 Å². The molecule has 1 aliphatic rings. The largest absolute Gasteiger partial charge is 0.460 e. The van der Waals surface area contributed by atoms with E-state index in [1.54, 1.807) is 13.8 Å². The number of cyclic esters (lactones) is 1. The van der Waals surface area contributed by atoms with Gasteiger partial charge in [0.05, 0.1) is 18.6 Å². The van der Waals surface area contributed by atoms with Crippen LogP contribution in [-0.4, -0.2) is 34.5 Å². The SMILES string of the molecule is CC1OC(=O)C[C@@H](O)[C@H](C)[C@H]1O. The van der Waals surface area contributed by atoms with Gasteiger partial charge in [0.25, 0.3) is 0 Å². The van der Waals surface area contributed by atoms with Gasteiger partial charge in [-0.15, -0.1) is 0 Å². The molecule has 0 bridgehead atoms. The Labute approximate surface area is 71.2 Å². The van der Waals surface area contributed by atoms with Gasteiger partial charge in [-0.1, -0.05) is 6.92 Å². The highest BCUT2D eigenvalue weighted by Crippen LogP contribution is 2.21. The number of rotatable bonds is 0. The summed E-state index contributed by atoms with van der Waals surface area (Å²) < 4.78 is 4.82. The van der Waals surface area contributed by atoms with Gasteiger partial charge >= 0.3 is 5.97 Å². The van der Waals surface area contributed by atoms with Crippen LogP contribution in [0.15, 0.2) is 0 Å². The molecular weight excluding hydrogens is 160 g/mol. The monoisotopic (exact) mass is 174 g/mol. The van der Waals surface area contributed by atoms with Crippen molar-refractivity contribution in [2.75, 3.05) is 0 Å². The van der Waals surface area contributed by atoms with Gasteiger partial charge in [0.1, 0.15) is 6.10 Å². The molecule has 0 aromatic heterocycles. The lowest BCUT2D eigenvalue weighted by atomic mass is 9.94. The summed E-state index contributed by atoms with van der Waals surface area (Å²) in [6, 6.07) is 0. The van der Waals surface area contributed by atoms with Gasteiger partial charge < -0.3 is 14.9 Å². The minimum absolute atomic E-state index is 0.0252. The van der Waals surface area contributed by atoms with E-state index in [4.69, 9.17) is 4.74 Å². The third-order valence-corrected chi connectivity index (χ3v) is 2.32. The molecule has 4 atom stereocenters. The van der Waals surface area contributed by atoms with Crippen molar-refractivity contribution >= 4 is 5.97 Å². The highest BCUT2D eigenvalue weighted by Gasteiger charge is 2.34. The quantitative estimate of drug-likeness (QED) is 0.494. The smallest absolute Gasteiger partial charge is 0.308 e. The zero-order chi connectivity index (χ0) is 9.30. The Balaban J connectivity index is 2.73. The average molecular weight is 174 g/mol. The molecule has 0 amide bonds. The zero-order valence-corrected chi connectivity index (χ0v) is 7.23. The second kappa shape index (κ2) is 3.41. The summed E-state index contributed by atoms with van der Waals surface area (Å²) in [5.74, 6) is -0.759. The molecule has 1 rings (SSSR count). The molecule has 2 N–H and O–H groups in total. The van der Waals surface area contributed by atoms with Gasteiger partial charge in [0, 0.05) is 5.92 Å². The molecule has 0 aliphatic carbocycles. The molecule has 1 saturated heterocycles. The molecule has 1 aliphatic heterocycles. The van der Waals surface area contributed by atoms with E-state index in [-0.39, 0.29) is 12.3 Å². The first-order chi connectivity index (χ1) is 5.52. The molecule has 0 saturated carbocycles. The average Bonchev–Trinajstić information content (AvgIpc) is 2.05. The number of aliphatic hydroxyl groups is 2. The zero-order valence-electron chi connectivity index (χ0n) is 7.23. The maximum Gasteiger partial charge on any atom is 0.308 e. The fraction of sp³-hybridized carbons (Fsp3) is 0.875. The van der Waals surface area contributed by atoms with E-state index >= 15 is 0 Å². The van der Waals surface area contributed by atoms with E-state index in [0.29, 0.717) is 0 Å². The van der Waals surface area contributed by atoms with Crippen LogP contribution < -0.4 is 0 Å². The summed E-state index contributed by atoms with van der Waals surface area (Å²) in [4.78, 5) is 10.9. The van der Waals surface area contributed by atoms with Crippen LogP contribution >= 0.6 is 0 Å². The molecule has 0 radical (unpaired) electrons. The number of ether oxygens (including phenoxy) is 1. The molecular formula is C8H14O4. The van der Waals surface area contributed by atoms with Crippen LogP contribution in [0.5, 0.6) is 0 Å². The highest BCUT2D eigenvalue weighted by molar-refractivity contribution is 5.70. The number of esters is 1. The Hall–Kier alpha value is -0.610. The fourth-order valence-electron chi connectivity index (χ4n) is 1.34. The van der Waals surface area contributed by atoms with Crippen molar-refractivity contribution in [2.24, 2.45) is 5.92 Å². The highest BCUT2D eigenvalue weighted by atomic mass is 16.6. The van der Waals surface area contributed by atoms with Gasteiger partial charge in [0.2, 0.25) is 0 Å². The van der Waals surface area contributed by atoms with Crippen molar-refractivity contribution < 1.29 is 19.7 Å². The molecule has 70 valence electrons. The predicted molar refractivity (Wildman–Crippen MR) is 41.3 cm³/mol. The summed E-state index contributed by atoms with van der Waals surface area (Å²) in [5, 5.41) is 18.8. The molecule has 0 aromatic carbocycles. The van der Waals surface area contributed by atoms with Crippen LogP contribution in [-0.2, 0) is 9.53 Å². The Kier molecular flexibility index (Phi) is 2.69. The van der Waals surface area contributed by atoms with Crippen molar-refractivity contribution in [1.29, 1.82) is 0 Å². The molecule has 12 heavy (non-hydrogen) atoms. The second-order valence-corrected chi connectivity index (χ2v) is 3.32. The summed E-state index contributed by atoms with van der Waals surface area (Å²) in [6.07, 6.45) is -2.11. The molecule has 4 nitrogen and oxygen atoms in total. The van der Waals surface area contributed by atoms with E-state index < -0.39 is 24.3 Å². The van der Waals surface area contributed by atoms with Crippen molar-refractivity contribution in [1.82, 2.24) is 0 Å². The summed E-state index contributed by atoms with van der Waals surface area (Å²) in [5.41, 5.74) is 0. The van der Waals surface area contributed by atoms with Crippen molar-refractivity contribution in [3.05, 3.63) is 0 Å². The van der Waals surface area contributed by atoms with Crippen LogP contribution in [0.4, 0.5) is 0 Å². The number of hydrogen-bond acceptors (Lipinski definition) is 4. The van der Waals surface area contributed by atoms with Crippen LogP contribution in [0.3, 0.4) is 0 Å². The topological polar surface area (TPSA) is 66.8 Å². The lowest BCUT2D eigenvalue weighted by Gasteiger charge is -2.22. The minimum Gasteiger partial charge on any atom is -0.460 e. The summed E-state index contributed by atoms with van der Waals surface area (Å²) >= 11 is 0. The first kappa shape index (κ1) is 9.48. The maximum atomic E-state index is 10.9. The molecule has 1 unspecified atom stereocenters. The molecule has 1 fully saturated rings. The van der Waals surface area contributed by atoms with Crippen molar-refractivity contribution in [2.45, 2.75) is 38.6 Å². The number of carbonyl (C=O) groups excluding carboxylic acids is 1. The van der Waals surface area contributed by atoms with Crippen molar-refractivity contribution in [3.8, 4) is 0 Å². The second-order valence-electron chi connectivity index (χ2n) is 3.32. The lowest BCUT2D eigenvalue weighted by molar-refractivity contribution is -0.151. The van der Waals surface area contributed by atoms with E-state index in [1.165, 1.54) is 0 Å². The summed E-state index contributed by atoms with van der Waals surface area (Å²) in [7, 11) is 0. The van der Waals surface area contributed by atoms with E-state index in [0.717, 1.165) is 0 Å². The van der Waals surface area contributed by atoms with Gasteiger partial charge in [-0.2, -0.15) is 0 Å². The van der Waals surface area contributed by atoms with E-state index in [9.17, 15) is 15.0 Å². The standard InChI is InChI=1S/C8H14O4/c1-4-6(9)3-7(10)12-5(2)8(4)11/h4-6,8-9,11H,3H2,1-2H3/t4-,5?,6+,8+/m0/s1. The molecule has 0 spiro atoms. The van der Waals surface area contributed by atoms with Gasteiger partial charge in [-0.3, -0.25) is 4.79 Å². The van der Waals surface area contributed by atoms with Gasteiger partial charge in [-0.25, -0.2) is 0 Å². The number of hydrogen-bond donors (Lipinski definition) is 2. The predicted octanol–water partition coefficient (Wildman–Crippen LogP) is -0.320. The third-order valence-electron chi connectivity index (χ3n) is 2.32. The van der Waals surface area contributed by atoms with Crippen LogP contribution in [0.1, 0.15) is 20.3 Å². The maximum absolute atomic E-state index is 10.9. The van der Waals surface area contributed by atoms with Crippen LogP contribution in [0, 0.1) is 5.92 Å².